The van der Waals surface area contributed by atoms with Gasteiger partial charge in [-0.3, -0.25) is 9.45 Å². The van der Waals surface area contributed by atoms with Gasteiger partial charge in [0.05, 0.1) is 6.10 Å². The van der Waals surface area contributed by atoms with Crippen LogP contribution in [0.2, 0.25) is 0 Å². The predicted molar refractivity (Wildman–Crippen MR) is 62.1 cm³/mol. The third-order valence-corrected chi connectivity index (χ3v) is 4.18. The van der Waals surface area contributed by atoms with Crippen molar-refractivity contribution in [1.82, 2.24) is 10.2 Å². The Morgan fingerprint density at radius 3 is 2.65 bits per heavy atom. The first-order valence-electron chi connectivity index (χ1n) is 5.59. The van der Waals surface area contributed by atoms with E-state index >= 15 is 0 Å². The minimum absolute atomic E-state index is 0.0686. The molecule has 0 radical (unpaired) electrons. The van der Waals surface area contributed by atoms with E-state index in [9.17, 15) is 18.1 Å². The summed E-state index contributed by atoms with van der Waals surface area (Å²) in [6.07, 6.45) is -0.796. The van der Waals surface area contributed by atoms with Crippen molar-refractivity contribution < 1.29 is 23.2 Å². The van der Waals surface area contributed by atoms with Crippen molar-refractivity contribution in [3.05, 3.63) is 0 Å². The fourth-order valence-corrected chi connectivity index (χ4v) is 3.34. The largest absolute Gasteiger partial charge is 0.396 e. The normalized spacial score (nSPS) is 26.7. The zero-order chi connectivity index (χ0) is 13.1. The SMILES string of the molecule is CC(O)C(N1CCNCC1CCO)S(=O)(=O)O. The Balaban J connectivity index is 2.90. The highest BCUT2D eigenvalue weighted by molar-refractivity contribution is 7.86. The number of piperazine rings is 1. The second-order valence-electron chi connectivity index (χ2n) is 4.25. The Morgan fingerprint density at radius 1 is 1.53 bits per heavy atom. The van der Waals surface area contributed by atoms with Crippen molar-refractivity contribution in [3.63, 3.8) is 0 Å². The molecule has 0 amide bonds. The van der Waals surface area contributed by atoms with Crippen LogP contribution in [0.25, 0.3) is 0 Å². The van der Waals surface area contributed by atoms with Gasteiger partial charge in [-0.25, -0.2) is 0 Å². The number of hydrogen-bond acceptors (Lipinski definition) is 6. The molecule has 0 saturated carbocycles. The van der Waals surface area contributed by atoms with E-state index in [0.717, 1.165) is 0 Å². The molecule has 3 atom stereocenters. The van der Waals surface area contributed by atoms with Crippen LogP contribution in [0.5, 0.6) is 0 Å². The predicted octanol–water partition coefficient (Wildman–Crippen LogP) is -1.76. The Labute approximate surface area is 101 Å². The first-order chi connectivity index (χ1) is 7.88. The molecule has 0 aromatic rings. The van der Waals surface area contributed by atoms with Crippen LogP contribution in [-0.4, -0.2) is 71.8 Å². The Bertz CT molecular complexity index is 330. The minimum Gasteiger partial charge on any atom is -0.396 e. The third-order valence-electron chi connectivity index (χ3n) is 2.90. The standard InChI is InChI=1S/C9H20N2O5S/c1-7(13)9(17(14,15)16)11-4-3-10-6-8(11)2-5-12/h7-10,12-13H,2-6H2,1H3,(H,14,15,16). The van der Waals surface area contributed by atoms with Gasteiger partial charge in [0.25, 0.3) is 10.1 Å². The molecule has 8 heteroatoms. The van der Waals surface area contributed by atoms with Gasteiger partial charge >= 0.3 is 0 Å². The Morgan fingerprint density at radius 2 is 2.18 bits per heavy atom. The monoisotopic (exact) mass is 268 g/mol. The van der Waals surface area contributed by atoms with Crippen molar-refractivity contribution in [2.24, 2.45) is 0 Å². The minimum atomic E-state index is -4.35. The van der Waals surface area contributed by atoms with Gasteiger partial charge in [0.15, 0.2) is 5.37 Å². The van der Waals surface area contributed by atoms with Crippen LogP contribution in [0.15, 0.2) is 0 Å². The van der Waals surface area contributed by atoms with Crippen LogP contribution in [0.1, 0.15) is 13.3 Å². The van der Waals surface area contributed by atoms with E-state index in [0.29, 0.717) is 26.1 Å². The van der Waals surface area contributed by atoms with Crippen LogP contribution < -0.4 is 5.32 Å². The molecule has 3 unspecified atom stereocenters. The van der Waals surface area contributed by atoms with Crippen molar-refractivity contribution in [3.8, 4) is 0 Å². The molecule has 7 nitrogen and oxygen atoms in total. The molecule has 1 rings (SSSR count). The van der Waals surface area contributed by atoms with E-state index in [2.05, 4.69) is 5.32 Å². The van der Waals surface area contributed by atoms with Crippen LogP contribution in [-0.2, 0) is 10.1 Å². The summed E-state index contributed by atoms with van der Waals surface area (Å²) in [6, 6.07) is -0.213. The average Bonchev–Trinajstić information content (AvgIpc) is 2.18. The summed E-state index contributed by atoms with van der Waals surface area (Å²) in [5.41, 5.74) is 0. The molecular weight excluding hydrogens is 248 g/mol. The maximum absolute atomic E-state index is 11.3. The Kier molecular flexibility index (Phi) is 5.29. The maximum Gasteiger partial charge on any atom is 0.283 e. The number of rotatable bonds is 5. The second-order valence-corrected chi connectivity index (χ2v) is 5.77. The van der Waals surface area contributed by atoms with Crippen LogP contribution in [0.3, 0.4) is 0 Å². The number of aliphatic hydroxyl groups excluding tert-OH is 2. The highest BCUT2D eigenvalue weighted by Gasteiger charge is 2.38. The Hall–Kier alpha value is -0.250. The number of nitrogens with zero attached hydrogens (tertiary/aromatic N) is 1. The van der Waals surface area contributed by atoms with E-state index in [4.69, 9.17) is 5.11 Å². The summed E-state index contributed by atoms with van der Waals surface area (Å²) in [7, 11) is -4.35. The first-order valence-corrected chi connectivity index (χ1v) is 7.10. The van der Waals surface area contributed by atoms with E-state index < -0.39 is 21.6 Å². The fraction of sp³-hybridized carbons (Fsp3) is 1.00. The summed E-state index contributed by atoms with van der Waals surface area (Å²) in [5, 5.41) is 20.2. The summed E-state index contributed by atoms with van der Waals surface area (Å²) < 4.78 is 31.8. The molecular formula is C9H20N2O5S. The number of hydrogen-bond donors (Lipinski definition) is 4. The van der Waals surface area contributed by atoms with Crippen LogP contribution >= 0.6 is 0 Å². The van der Waals surface area contributed by atoms with Gasteiger partial charge in [-0.2, -0.15) is 8.42 Å². The number of aliphatic hydroxyl groups is 2. The lowest BCUT2D eigenvalue weighted by atomic mass is 10.1. The van der Waals surface area contributed by atoms with Crippen LogP contribution in [0, 0.1) is 0 Å². The molecule has 0 spiro atoms. The quantitative estimate of drug-likeness (QED) is 0.437. The van der Waals surface area contributed by atoms with E-state index in [1.807, 2.05) is 0 Å². The molecule has 1 saturated heterocycles. The lowest BCUT2D eigenvalue weighted by Gasteiger charge is -2.40. The van der Waals surface area contributed by atoms with Gasteiger partial charge in [-0.15, -0.1) is 0 Å². The molecule has 1 aliphatic heterocycles. The lowest BCUT2D eigenvalue weighted by molar-refractivity contribution is 0.0471. The summed E-state index contributed by atoms with van der Waals surface area (Å²) in [5.74, 6) is 0. The smallest absolute Gasteiger partial charge is 0.283 e. The van der Waals surface area contributed by atoms with Crippen LogP contribution in [0.4, 0.5) is 0 Å². The van der Waals surface area contributed by atoms with E-state index in [-0.39, 0.29) is 12.6 Å². The van der Waals surface area contributed by atoms with Crippen molar-refractivity contribution in [2.45, 2.75) is 30.9 Å². The molecule has 1 aliphatic rings. The van der Waals surface area contributed by atoms with Gasteiger partial charge in [-0.05, 0) is 13.3 Å². The molecule has 4 N–H and O–H groups in total. The van der Waals surface area contributed by atoms with Crippen molar-refractivity contribution in [1.29, 1.82) is 0 Å². The number of nitrogens with one attached hydrogen (secondary N) is 1. The fourth-order valence-electron chi connectivity index (χ4n) is 2.23. The first kappa shape index (κ1) is 14.8. The zero-order valence-electron chi connectivity index (χ0n) is 9.78. The maximum atomic E-state index is 11.3. The molecule has 1 fully saturated rings. The molecule has 0 aromatic heterocycles. The second kappa shape index (κ2) is 6.07. The zero-order valence-corrected chi connectivity index (χ0v) is 10.6. The van der Waals surface area contributed by atoms with Gasteiger partial charge in [0.1, 0.15) is 0 Å². The molecule has 0 aliphatic carbocycles. The lowest BCUT2D eigenvalue weighted by Crippen LogP contribution is -2.60. The topological polar surface area (TPSA) is 110 Å². The molecule has 17 heavy (non-hydrogen) atoms. The highest BCUT2D eigenvalue weighted by atomic mass is 32.2. The summed E-state index contributed by atoms with van der Waals surface area (Å²) in [6.45, 7) is 2.78. The van der Waals surface area contributed by atoms with Crippen molar-refractivity contribution in [2.75, 3.05) is 26.2 Å². The highest BCUT2D eigenvalue weighted by Crippen LogP contribution is 2.18. The molecule has 0 aromatic carbocycles. The van der Waals surface area contributed by atoms with Gasteiger partial charge in [0, 0.05) is 32.3 Å². The molecule has 0 bridgehead atoms. The van der Waals surface area contributed by atoms with Gasteiger partial charge in [0.2, 0.25) is 0 Å². The van der Waals surface area contributed by atoms with Gasteiger partial charge < -0.3 is 15.5 Å². The third kappa shape index (κ3) is 3.87. The van der Waals surface area contributed by atoms with E-state index in [1.54, 1.807) is 0 Å². The summed E-state index contributed by atoms with van der Waals surface area (Å²) >= 11 is 0. The molecule has 1 heterocycles. The molecule has 102 valence electrons. The van der Waals surface area contributed by atoms with Crippen molar-refractivity contribution >= 4 is 10.1 Å². The average molecular weight is 268 g/mol. The van der Waals surface area contributed by atoms with Gasteiger partial charge in [-0.1, -0.05) is 0 Å². The van der Waals surface area contributed by atoms with E-state index in [1.165, 1.54) is 11.8 Å². The summed E-state index contributed by atoms with van der Waals surface area (Å²) in [4.78, 5) is 1.53.